The summed E-state index contributed by atoms with van der Waals surface area (Å²) in [4.78, 5) is 12.6. The summed E-state index contributed by atoms with van der Waals surface area (Å²) in [5.41, 5.74) is 0. The molecule has 0 aliphatic heterocycles. The van der Waals surface area contributed by atoms with E-state index in [1.165, 1.54) is 6.08 Å². The van der Waals surface area contributed by atoms with Gasteiger partial charge in [-0.15, -0.1) is 11.3 Å². The summed E-state index contributed by atoms with van der Waals surface area (Å²) in [5.74, 6) is 0.298. The summed E-state index contributed by atoms with van der Waals surface area (Å²) in [6, 6.07) is 3.74. The highest BCUT2D eigenvalue weighted by molar-refractivity contribution is 7.10. The van der Waals surface area contributed by atoms with Gasteiger partial charge in [-0.1, -0.05) is 19.9 Å². The van der Waals surface area contributed by atoms with Gasteiger partial charge in [0, 0.05) is 11.0 Å². The predicted molar refractivity (Wildman–Crippen MR) is 71.8 cm³/mol. The highest BCUT2D eigenvalue weighted by atomic mass is 32.1. The maximum atomic E-state index is 11.6. The summed E-state index contributed by atoms with van der Waals surface area (Å²) in [5, 5.41) is 13.9. The zero-order valence-corrected chi connectivity index (χ0v) is 11.0. The third kappa shape index (κ3) is 5.65. The van der Waals surface area contributed by atoms with Crippen LogP contribution in [0.5, 0.6) is 0 Å². The van der Waals surface area contributed by atoms with Crippen LogP contribution in [-0.4, -0.2) is 23.7 Å². The van der Waals surface area contributed by atoms with Crippen LogP contribution >= 0.6 is 11.3 Å². The lowest BCUT2D eigenvalue weighted by Gasteiger charge is -2.16. The molecule has 1 amide bonds. The Bertz CT molecular complexity index is 358. The molecule has 0 aliphatic carbocycles. The van der Waals surface area contributed by atoms with E-state index in [0.717, 1.165) is 11.3 Å². The molecule has 2 N–H and O–H groups in total. The summed E-state index contributed by atoms with van der Waals surface area (Å²) in [6.45, 7) is 4.11. The largest absolute Gasteiger partial charge is 0.394 e. The van der Waals surface area contributed by atoms with Gasteiger partial charge in [0.25, 0.3) is 0 Å². The van der Waals surface area contributed by atoms with Crippen molar-refractivity contribution in [1.82, 2.24) is 5.32 Å². The van der Waals surface area contributed by atoms with Crippen molar-refractivity contribution < 1.29 is 9.90 Å². The second kappa shape index (κ2) is 7.25. The monoisotopic (exact) mass is 253 g/mol. The molecule has 0 saturated heterocycles. The van der Waals surface area contributed by atoms with Gasteiger partial charge in [0.15, 0.2) is 0 Å². The second-order valence-electron chi connectivity index (χ2n) is 4.37. The minimum atomic E-state index is -0.157. The van der Waals surface area contributed by atoms with Crippen LogP contribution in [0.1, 0.15) is 25.1 Å². The number of aliphatic hydroxyl groups is 1. The molecule has 0 spiro atoms. The molecular formula is C13H19NO2S. The molecule has 0 radical (unpaired) electrons. The third-order valence-electron chi connectivity index (χ3n) is 2.26. The van der Waals surface area contributed by atoms with Crippen LogP contribution < -0.4 is 5.32 Å². The standard InChI is InChI=1S/C13H19NO2S/c1-10(2)8-11(9-15)14-13(16)6-5-12-4-3-7-17-12/h3-7,10-11,15H,8-9H2,1-2H3,(H,14,16). The van der Waals surface area contributed by atoms with Crippen LogP contribution in [0.25, 0.3) is 6.08 Å². The molecule has 0 bridgehead atoms. The van der Waals surface area contributed by atoms with Gasteiger partial charge < -0.3 is 10.4 Å². The number of thiophene rings is 1. The van der Waals surface area contributed by atoms with Crippen molar-refractivity contribution in [3.63, 3.8) is 0 Å². The number of amides is 1. The van der Waals surface area contributed by atoms with Gasteiger partial charge in [-0.25, -0.2) is 0 Å². The summed E-state index contributed by atoms with van der Waals surface area (Å²) < 4.78 is 0. The Morgan fingerprint density at radius 2 is 2.35 bits per heavy atom. The molecule has 1 aromatic rings. The SMILES string of the molecule is CC(C)CC(CO)NC(=O)C=Cc1cccs1. The molecule has 0 aliphatic rings. The highest BCUT2D eigenvalue weighted by Crippen LogP contribution is 2.10. The lowest BCUT2D eigenvalue weighted by molar-refractivity contribution is -0.117. The number of nitrogens with one attached hydrogen (secondary N) is 1. The fraction of sp³-hybridized carbons (Fsp3) is 0.462. The molecule has 1 atom stereocenters. The summed E-state index contributed by atoms with van der Waals surface area (Å²) >= 11 is 1.58. The second-order valence-corrected chi connectivity index (χ2v) is 5.35. The van der Waals surface area contributed by atoms with Crippen molar-refractivity contribution in [3.8, 4) is 0 Å². The van der Waals surface area contributed by atoms with Crippen LogP contribution in [-0.2, 0) is 4.79 Å². The summed E-state index contributed by atoms with van der Waals surface area (Å²) in [7, 11) is 0. The first-order valence-corrected chi connectivity index (χ1v) is 6.62. The fourth-order valence-corrected chi connectivity index (χ4v) is 2.16. The van der Waals surface area contributed by atoms with Gasteiger partial charge >= 0.3 is 0 Å². The zero-order valence-electron chi connectivity index (χ0n) is 10.2. The average Bonchev–Trinajstić information content (AvgIpc) is 2.77. The third-order valence-corrected chi connectivity index (χ3v) is 3.10. The van der Waals surface area contributed by atoms with Gasteiger partial charge in [0.2, 0.25) is 5.91 Å². The maximum absolute atomic E-state index is 11.6. The maximum Gasteiger partial charge on any atom is 0.244 e. The first-order valence-electron chi connectivity index (χ1n) is 5.74. The van der Waals surface area contributed by atoms with Crippen molar-refractivity contribution in [2.75, 3.05) is 6.61 Å². The van der Waals surface area contributed by atoms with E-state index < -0.39 is 0 Å². The Morgan fingerprint density at radius 1 is 1.59 bits per heavy atom. The van der Waals surface area contributed by atoms with Gasteiger partial charge in [-0.05, 0) is 29.9 Å². The van der Waals surface area contributed by atoms with Crippen LogP contribution in [0.3, 0.4) is 0 Å². The normalized spacial score (nSPS) is 13.2. The van der Waals surface area contributed by atoms with Crippen LogP contribution in [0.4, 0.5) is 0 Å². The molecule has 1 heterocycles. The smallest absolute Gasteiger partial charge is 0.244 e. The Morgan fingerprint density at radius 3 is 2.88 bits per heavy atom. The van der Waals surface area contributed by atoms with E-state index in [-0.39, 0.29) is 18.6 Å². The molecule has 1 rings (SSSR count). The van der Waals surface area contributed by atoms with Gasteiger partial charge in [0.1, 0.15) is 0 Å². The quantitative estimate of drug-likeness (QED) is 0.764. The minimum absolute atomic E-state index is 0.0171. The molecule has 94 valence electrons. The fourth-order valence-electron chi connectivity index (χ4n) is 1.54. The number of rotatable bonds is 6. The van der Waals surface area contributed by atoms with Crippen molar-refractivity contribution in [1.29, 1.82) is 0 Å². The van der Waals surface area contributed by atoms with Crippen molar-refractivity contribution >= 4 is 23.3 Å². The molecular weight excluding hydrogens is 234 g/mol. The predicted octanol–water partition coefficient (Wildman–Crippen LogP) is 2.28. The van der Waals surface area contributed by atoms with Crippen LogP contribution in [0, 0.1) is 5.92 Å². The number of aliphatic hydroxyl groups excluding tert-OH is 1. The Labute approximate surface area is 106 Å². The number of hydrogen-bond acceptors (Lipinski definition) is 3. The zero-order chi connectivity index (χ0) is 12.7. The van der Waals surface area contributed by atoms with Crippen molar-refractivity contribution in [2.45, 2.75) is 26.3 Å². The first-order chi connectivity index (χ1) is 8.11. The number of hydrogen-bond donors (Lipinski definition) is 2. The average molecular weight is 253 g/mol. The Balaban J connectivity index is 2.42. The Kier molecular flexibility index (Phi) is 5.94. The van der Waals surface area contributed by atoms with E-state index in [9.17, 15) is 4.79 Å². The topological polar surface area (TPSA) is 49.3 Å². The van der Waals surface area contributed by atoms with Gasteiger partial charge in [-0.2, -0.15) is 0 Å². The molecule has 0 saturated carbocycles. The van der Waals surface area contributed by atoms with E-state index in [1.54, 1.807) is 17.4 Å². The van der Waals surface area contributed by atoms with Gasteiger partial charge in [0.05, 0.1) is 12.6 Å². The lowest BCUT2D eigenvalue weighted by atomic mass is 10.0. The van der Waals surface area contributed by atoms with Crippen LogP contribution in [0.2, 0.25) is 0 Å². The molecule has 4 heteroatoms. The molecule has 1 unspecified atom stereocenters. The Hall–Kier alpha value is -1.13. The molecule has 0 fully saturated rings. The first kappa shape index (κ1) is 13.9. The number of carbonyl (C=O) groups is 1. The van der Waals surface area contributed by atoms with E-state index >= 15 is 0 Å². The summed E-state index contributed by atoms with van der Waals surface area (Å²) in [6.07, 6.45) is 4.08. The minimum Gasteiger partial charge on any atom is -0.394 e. The van der Waals surface area contributed by atoms with Gasteiger partial charge in [-0.3, -0.25) is 4.79 Å². The van der Waals surface area contributed by atoms with E-state index in [1.807, 2.05) is 17.5 Å². The molecule has 1 aromatic heterocycles. The highest BCUT2D eigenvalue weighted by Gasteiger charge is 2.11. The van der Waals surface area contributed by atoms with E-state index in [2.05, 4.69) is 19.2 Å². The molecule has 0 aromatic carbocycles. The lowest BCUT2D eigenvalue weighted by Crippen LogP contribution is -2.37. The number of carbonyl (C=O) groups excluding carboxylic acids is 1. The van der Waals surface area contributed by atoms with Crippen molar-refractivity contribution in [2.24, 2.45) is 5.92 Å². The molecule has 3 nitrogen and oxygen atoms in total. The van der Waals surface area contributed by atoms with E-state index in [4.69, 9.17) is 5.11 Å². The van der Waals surface area contributed by atoms with Crippen LogP contribution in [0.15, 0.2) is 23.6 Å². The van der Waals surface area contributed by atoms with Crippen molar-refractivity contribution in [3.05, 3.63) is 28.5 Å². The van der Waals surface area contributed by atoms with E-state index in [0.29, 0.717) is 5.92 Å². The molecule has 17 heavy (non-hydrogen) atoms.